The van der Waals surface area contributed by atoms with E-state index in [1.807, 2.05) is 18.2 Å². The average molecular weight is 366 g/mol. The van der Waals surface area contributed by atoms with Gasteiger partial charge in [-0.15, -0.1) is 0 Å². The predicted molar refractivity (Wildman–Crippen MR) is 105 cm³/mol. The lowest BCUT2D eigenvalue weighted by molar-refractivity contribution is -0.136. The number of nitrogens with zero attached hydrogens (tertiary/aromatic N) is 2. The highest BCUT2D eigenvalue weighted by molar-refractivity contribution is 6.39. The molecule has 6 nitrogen and oxygen atoms in total. The van der Waals surface area contributed by atoms with Crippen LogP contribution in [0.3, 0.4) is 0 Å². The fourth-order valence-corrected chi connectivity index (χ4v) is 3.44. The predicted octanol–water partition coefficient (Wildman–Crippen LogP) is 2.57. The third-order valence-electron chi connectivity index (χ3n) is 4.82. The molecule has 0 bridgehead atoms. The maximum atomic E-state index is 12.1. The molecule has 1 saturated heterocycles. The van der Waals surface area contributed by atoms with Gasteiger partial charge in [-0.1, -0.05) is 31.2 Å². The molecule has 3 rings (SSSR count). The first-order chi connectivity index (χ1) is 13.1. The second-order valence-corrected chi connectivity index (χ2v) is 7.13. The number of carbonyl (C=O) groups is 2. The lowest BCUT2D eigenvalue weighted by Gasteiger charge is -2.31. The minimum atomic E-state index is -0.690. The lowest BCUT2D eigenvalue weighted by atomic mass is 9.99. The van der Waals surface area contributed by atoms with Crippen LogP contribution >= 0.6 is 0 Å². The van der Waals surface area contributed by atoms with E-state index in [1.54, 1.807) is 18.3 Å². The minimum absolute atomic E-state index is 0.332. The topological polar surface area (TPSA) is 74.3 Å². The molecular weight excluding hydrogens is 340 g/mol. The average Bonchev–Trinajstić information content (AvgIpc) is 2.68. The zero-order valence-electron chi connectivity index (χ0n) is 15.6. The van der Waals surface area contributed by atoms with E-state index in [1.165, 1.54) is 24.6 Å². The summed E-state index contributed by atoms with van der Waals surface area (Å²) < 4.78 is 0. The number of piperidine rings is 1. The number of rotatable bonds is 5. The van der Waals surface area contributed by atoms with Gasteiger partial charge in [0.25, 0.3) is 0 Å². The molecule has 6 heteroatoms. The Kier molecular flexibility index (Phi) is 6.54. The molecule has 27 heavy (non-hydrogen) atoms. The van der Waals surface area contributed by atoms with E-state index >= 15 is 0 Å². The van der Waals surface area contributed by atoms with E-state index in [0.29, 0.717) is 12.2 Å². The van der Waals surface area contributed by atoms with E-state index in [-0.39, 0.29) is 0 Å². The van der Waals surface area contributed by atoms with Crippen LogP contribution < -0.4 is 10.6 Å². The molecule has 2 amide bonds. The van der Waals surface area contributed by atoms with Crippen LogP contribution in [0.25, 0.3) is 0 Å². The van der Waals surface area contributed by atoms with Gasteiger partial charge in [-0.25, -0.2) is 0 Å². The monoisotopic (exact) mass is 366 g/mol. The molecule has 1 aliphatic rings. The second kappa shape index (κ2) is 9.28. The summed E-state index contributed by atoms with van der Waals surface area (Å²) in [6, 6.07) is 11.5. The van der Waals surface area contributed by atoms with Crippen molar-refractivity contribution in [2.75, 3.05) is 18.4 Å². The Hall–Kier alpha value is -2.73. The van der Waals surface area contributed by atoms with Gasteiger partial charge in [0, 0.05) is 25.8 Å². The summed E-state index contributed by atoms with van der Waals surface area (Å²) in [6.07, 6.45) is 5.63. The van der Waals surface area contributed by atoms with Gasteiger partial charge in [-0.2, -0.15) is 0 Å². The molecule has 1 atom stereocenters. The van der Waals surface area contributed by atoms with Crippen molar-refractivity contribution in [1.82, 2.24) is 15.2 Å². The lowest BCUT2D eigenvalue weighted by Crippen LogP contribution is -2.36. The number of benzene rings is 1. The number of likely N-dealkylation sites (tertiary alicyclic amines) is 1. The van der Waals surface area contributed by atoms with Crippen molar-refractivity contribution < 1.29 is 9.59 Å². The summed E-state index contributed by atoms with van der Waals surface area (Å²) >= 11 is 0. The Morgan fingerprint density at radius 2 is 1.96 bits per heavy atom. The maximum Gasteiger partial charge on any atom is 0.313 e. The minimum Gasteiger partial charge on any atom is -0.344 e. The molecule has 2 heterocycles. The highest BCUT2D eigenvalue weighted by Crippen LogP contribution is 2.19. The Bertz CT molecular complexity index is 779. The van der Waals surface area contributed by atoms with Crippen molar-refractivity contribution in [3.63, 3.8) is 0 Å². The fourth-order valence-electron chi connectivity index (χ4n) is 3.44. The van der Waals surface area contributed by atoms with Gasteiger partial charge >= 0.3 is 11.8 Å². The molecule has 142 valence electrons. The van der Waals surface area contributed by atoms with Gasteiger partial charge in [-0.3, -0.25) is 19.5 Å². The van der Waals surface area contributed by atoms with Crippen LogP contribution in [-0.4, -0.2) is 34.8 Å². The molecule has 1 fully saturated rings. The van der Waals surface area contributed by atoms with Crippen LogP contribution in [0.15, 0.2) is 48.8 Å². The number of hydrogen-bond donors (Lipinski definition) is 2. The normalized spacial score (nSPS) is 17.3. The first kappa shape index (κ1) is 19.0. The van der Waals surface area contributed by atoms with Gasteiger partial charge in [0.1, 0.15) is 0 Å². The smallest absolute Gasteiger partial charge is 0.313 e. The molecule has 1 aliphatic heterocycles. The van der Waals surface area contributed by atoms with E-state index < -0.39 is 11.8 Å². The summed E-state index contributed by atoms with van der Waals surface area (Å²) in [4.78, 5) is 30.5. The molecule has 0 radical (unpaired) electrons. The zero-order valence-corrected chi connectivity index (χ0v) is 15.6. The quantitative estimate of drug-likeness (QED) is 0.798. The number of amides is 2. The summed E-state index contributed by atoms with van der Waals surface area (Å²) in [5, 5.41) is 5.26. The van der Waals surface area contributed by atoms with E-state index in [2.05, 4.69) is 33.5 Å². The van der Waals surface area contributed by atoms with Gasteiger partial charge in [0.15, 0.2) is 0 Å². The highest BCUT2D eigenvalue weighted by Gasteiger charge is 2.18. The van der Waals surface area contributed by atoms with Crippen molar-refractivity contribution in [3.8, 4) is 0 Å². The molecule has 2 aromatic rings. The summed E-state index contributed by atoms with van der Waals surface area (Å²) in [5.41, 5.74) is 2.73. The molecule has 0 aliphatic carbocycles. The largest absolute Gasteiger partial charge is 0.344 e. The molecule has 1 unspecified atom stereocenters. The number of aromatic nitrogens is 1. The molecule has 1 aromatic heterocycles. The second-order valence-electron chi connectivity index (χ2n) is 7.13. The summed E-state index contributed by atoms with van der Waals surface area (Å²) in [7, 11) is 0. The molecular formula is C21H26N4O2. The zero-order chi connectivity index (χ0) is 19.1. The Labute approximate surface area is 160 Å². The van der Waals surface area contributed by atoms with Crippen LogP contribution in [0.4, 0.5) is 5.69 Å². The highest BCUT2D eigenvalue weighted by atomic mass is 16.2. The fraction of sp³-hybridized carbons (Fsp3) is 0.381. The third-order valence-corrected chi connectivity index (χ3v) is 4.82. The van der Waals surface area contributed by atoms with Gasteiger partial charge in [0.05, 0.1) is 11.9 Å². The van der Waals surface area contributed by atoms with Gasteiger partial charge in [0.2, 0.25) is 0 Å². The number of carbonyl (C=O) groups excluding carboxylic acids is 2. The third kappa shape index (κ3) is 5.62. The van der Waals surface area contributed by atoms with E-state index in [9.17, 15) is 9.59 Å². The number of pyridine rings is 1. The SMILES string of the molecule is CC1CCCN(Cc2ccccc2CNC(=O)C(=O)Nc2cccnc2)C1. The Morgan fingerprint density at radius 1 is 1.15 bits per heavy atom. The first-order valence-electron chi connectivity index (χ1n) is 9.40. The summed E-state index contributed by atoms with van der Waals surface area (Å²) in [6.45, 7) is 5.71. The first-order valence-corrected chi connectivity index (χ1v) is 9.40. The van der Waals surface area contributed by atoms with Crippen molar-refractivity contribution in [3.05, 3.63) is 59.9 Å². The van der Waals surface area contributed by atoms with E-state index in [0.717, 1.165) is 31.1 Å². The van der Waals surface area contributed by atoms with Crippen molar-refractivity contribution in [1.29, 1.82) is 0 Å². The van der Waals surface area contributed by atoms with Gasteiger partial charge in [-0.05, 0) is 48.6 Å². The Balaban J connectivity index is 1.56. The van der Waals surface area contributed by atoms with Crippen LogP contribution in [0.5, 0.6) is 0 Å². The van der Waals surface area contributed by atoms with Crippen LogP contribution in [0.2, 0.25) is 0 Å². The molecule has 0 spiro atoms. The van der Waals surface area contributed by atoms with Crippen molar-refractivity contribution >= 4 is 17.5 Å². The van der Waals surface area contributed by atoms with Crippen LogP contribution in [0.1, 0.15) is 30.9 Å². The van der Waals surface area contributed by atoms with Crippen LogP contribution in [-0.2, 0) is 22.7 Å². The molecule has 0 saturated carbocycles. The number of nitrogens with one attached hydrogen (secondary N) is 2. The number of hydrogen-bond acceptors (Lipinski definition) is 4. The molecule has 2 N–H and O–H groups in total. The molecule has 1 aromatic carbocycles. The Morgan fingerprint density at radius 3 is 2.70 bits per heavy atom. The summed E-state index contributed by atoms with van der Waals surface area (Å²) in [5.74, 6) is -0.618. The number of anilines is 1. The van der Waals surface area contributed by atoms with Crippen LogP contribution in [0, 0.1) is 5.92 Å². The van der Waals surface area contributed by atoms with Gasteiger partial charge < -0.3 is 10.6 Å². The standard InChI is InChI=1S/C21H26N4O2/c1-16-6-5-11-25(14-16)15-18-8-3-2-7-17(18)12-23-20(26)21(27)24-19-9-4-10-22-13-19/h2-4,7-10,13,16H,5-6,11-12,14-15H2,1H3,(H,23,26)(H,24,27). The maximum absolute atomic E-state index is 12.1. The van der Waals surface area contributed by atoms with Crippen molar-refractivity contribution in [2.45, 2.75) is 32.9 Å². The van der Waals surface area contributed by atoms with E-state index in [4.69, 9.17) is 0 Å². The van der Waals surface area contributed by atoms with Crippen molar-refractivity contribution in [2.24, 2.45) is 5.92 Å².